The molecule has 3 rings (SSSR count). The van der Waals surface area contributed by atoms with E-state index in [0.29, 0.717) is 24.3 Å². The molecule has 5 nitrogen and oxygen atoms in total. The fourth-order valence-corrected chi connectivity index (χ4v) is 4.97. The van der Waals surface area contributed by atoms with Gasteiger partial charge in [0.05, 0.1) is 17.7 Å². The molecule has 7 heteroatoms. The molecule has 186 valence electrons. The molecule has 0 saturated heterocycles. The van der Waals surface area contributed by atoms with Crippen LogP contribution in [-0.2, 0) is 11.2 Å². The standard InChI is InChI=1S/C27H36F2N2O3/c1-16(2)19-6-5-7-20(11-19)23-13-27(4,34)14-25(23)30-15-26(33)24(31-17(3)32)10-18-8-21(28)12-22(29)9-18/h5-9,11-12,16,23-26,30,33-34H,10,13-15H2,1-4H3,(H,31,32). The van der Waals surface area contributed by atoms with E-state index >= 15 is 0 Å². The summed E-state index contributed by atoms with van der Waals surface area (Å²) in [5.74, 6) is -1.29. The summed E-state index contributed by atoms with van der Waals surface area (Å²) in [5, 5.41) is 27.8. The Morgan fingerprint density at radius 1 is 1.15 bits per heavy atom. The first-order chi connectivity index (χ1) is 15.9. The third-order valence-corrected chi connectivity index (χ3v) is 6.63. The zero-order valence-electron chi connectivity index (χ0n) is 20.3. The number of rotatable bonds is 9. The molecule has 1 aliphatic rings. The highest BCUT2D eigenvalue weighted by atomic mass is 19.1. The fourth-order valence-electron chi connectivity index (χ4n) is 4.97. The number of halogens is 2. The number of hydrogen-bond donors (Lipinski definition) is 4. The summed E-state index contributed by atoms with van der Waals surface area (Å²) in [6, 6.07) is 10.8. The summed E-state index contributed by atoms with van der Waals surface area (Å²) in [6.07, 6.45) is 0.207. The van der Waals surface area contributed by atoms with E-state index in [1.54, 1.807) is 0 Å². The Bertz CT molecular complexity index is 975. The quantitative estimate of drug-likeness (QED) is 0.446. The van der Waals surface area contributed by atoms with Gasteiger partial charge in [0.25, 0.3) is 0 Å². The highest BCUT2D eigenvalue weighted by molar-refractivity contribution is 5.73. The van der Waals surface area contributed by atoms with Crippen LogP contribution in [-0.4, -0.2) is 46.5 Å². The Labute approximate surface area is 200 Å². The zero-order valence-corrected chi connectivity index (χ0v) is 20.3. The first-order valence-electron chi connectivity index (χ1n) is 11.9. The Hall–Kier alpha value is -2.35. The van der Waals surface area contributed by atoms with Crippen molar-refractivity contribution in [1.82, 2.24) is 10.6 Å². The second kappa shape index (κ2) is 10.9. The van der Waals surface area contributed by atoms with Gasteiger partial charge in [0.1, 0.15) is 11.6 Å². The maximum Gasteiger partial charge on any atom is 0.217 e. The van der Waals surface area contributed by atoms with Crippen LogP contribution in [0.15, 0.2) is 42.5 Å². The Balaban J connectivity index is 1.73. The molecule has 5 atom stereocenters. The van der Waals surface area contributed by atoms with Crippen molar-refractivity contribution in [3.8, 4) is 0 Å². The second-order valence-corrected chi connectivity index (χ2v) is 10.2. The Morgan fingerprint density at radius 3 is 2.44 bits per heavy atom. The molecule has 0 aliphatic heterocycles. The number of amides is 1. The second-order valence-electron chi connectivity index (χ2n) is 10.2. The van der Waals surface area contributed by atoms with Crippen molar-refractivity contribution in [2.24, 2.45) is 0 Å². The Morgan fingerprint density at radius 2 is 1.82 bits per heavy atom. The van der Waals surface area contributed by atoms with Crippen molar-refractivity contribution in [2.75, 3.05) is 6.54 Å². The summed E-state index contributed by atoms with van der Waals surface area (Å²) in [5.41, 5.74) is 1.89. The first-order valence-corrected chi connectivity index (χ1v) is 11.9. The van der Waals surface area contributed by atoms with Crippen molar-refractivity contribution in [1.29, 1.82) is 0 Å². The molecule has 0 radical (unpaired) electrons. The van der Waals surface area contributed by atoms with Gasteiger partial charge in [0.15, 0.2) is 0 Å². The van der Waals surface area contributed by atoms with E-state index in [-0.39, 0.29) is 30.8 Å². The van der Waals surface area contributed by atoms with Gasteiger partial charge >= 0.3 is 0 Å². The molecule has 0 bridgehead atoms. The lowest BCUT2D eigenvalue weighted by Crippen LogP contribution is -2.50. The molecule has 34 heavy (non-hydrogen) atoms. The van der Waals surface area contributed by atoms with Gasteiger partial charge < -0.3 is 20.8 Å². The molecule has 0 spiro atoms. The predicted molar refractivity (Wildman–Crippen MR) is 129 cm³/mol. The third kappa shape index (κ3) is 7.08. The van der Waals surface area contributed by atoms with Crippen LogP contribution in [0.1, 0.15) is 69.1 Å². The molecule has 1 aliphatic carbocycles. The number of aliphatic hydroxyl groups excluding tert-OH is 1. The zero-order chi connectivity index (χ0) is 25.0. The largest absolute Gasteiger partial charge is 0.390 e. The molecule has 1 amide bonds. The predicted octanol–water partition coefficient (Wildman–Crippen LogP) is 3.78. The number of hydrogen-bond acceptors (Lipinski definition) is 4. The lowest BCUT2D eigenvalue weighted by atomic mass is 9.90. The molecule has 1 saturated carbocycles. The number of benzene rings is 2. The monoisotopic (exact) mass is 474 g/mol. The summed E-state index contributed by atoms with van der Waals surface area (Å²) >= 11 is 0. The van der Waals surface area contributed by atoms with Gasteiger partial charge in [0, 0.05) is 31.5 Å². The number of aliphatic hydroxyl groups is 2. The van der Waals surface area contributed by atoms with Gasteiger partial charge in [-0.3, -0.25) is 4.79 Å². The van der Waals surface area contributed by atoms with Crippen LogP contribution in [0.25, 0.3) is 0 Å². The molecular formula is C27H36F2N2O3. The molecule has 1 fully saturated rings. The molecule has 2 aromatic rings. The topological polar surface area (TPSA) is 81.6 Å². The van der Waals surface area contributed by atoms with Crippen molar-refractivity contribution < 1.29 is 23.8 Å². The first kappa shape index (κ1) is 26.3. The van der Waals surface area contributed by atoms with Gasteiger partial charge in [0.2, 0.25) is 5.91 Å². The maximum absolute atomic E-state index is 13.6. The third-order valence-electron chi connectivity index (χ3n) is 6.63. The minimum Gasteiger partial charge on any atom is -0.390 e. The van der Waals surface area contributed by atoms with Gasteiger partial charge in [-0.15, -0.1) is 0 Å². The SMILES string of the molecule is CC(=O)NC(Cc1cc(F)cc(F)c1)C(O)CNC1CC(C)(O)CC1c1cccc(C(C)C)c1. The average Bonchev–Trinajstić information content (AvgIpc) is 3.05. The van der Waals surface area contributed by atoms with Crippen LogP contribution in [0, 0.1) is 11.6 Å². The van der Waals surface area contributed by atoms with Gasteiger partial charge in [-0.25, -0.2) is 8.78 Å². The highest BCUT2D eigenvalue weighted by Crippen LogP contribution is 2.41. The number of carbonyl (C=O) groups is 1. The van der Waals surface area contributed by atoms with Crippen LogP contribution >= 0.6 is 0 Å². The normalized spacial score (nSPS) is 24.3. The molecular weight excluding hydrogens is 438 g/mol. The number of nitrogens with one attached hydrogen (secondary N) is 2. The Kier molecular flexibility index (Phi) is 8.44. The van der Waals surface area contributed by atoms with Crippen LogP contribution in [0.4, 0.5) is 8.78 Å². The fraction of sp³-hybridized carbons (Fsp3) is 0.519. The minimum absolute atomic E-state index is 0.0671. The van der Waals surface area contributed by atoms with Gasteiger partial charge in [-0.2, -0.15) is 0 Å². The maximum atomic E-state index is 13.6. The lowest BCUT2D eigenvalue weighted by Gasteiger charge is -2.28. The van der Waals surface area contributed by atoms with E-state index in [0.717, 1.165) is 11.6 Å². The smallest absolute Gasteiger partial charge is 0.217 e. The van der Waals surface area contributed by atoms with E-state index in [1.807, 2.05) is 13.0 Å². The minimum atomic E-state index is -0.997. The molecule has 2 aromatic carbocycles. The number of carbonyl (C=O) groups excluding carboxylic acids is 1. The van der Waals surface area contributed by atoms with Crippen molar-refractivity contribution >= 4 is 5.91 Å². The van der Waals surface area contributed by atoms with E-state index in [2.05, 4.69) is 42.7 Å². The molecule has 4 N–H and O–H groups in total. The van der Waals surface area contributed by atoms with Crippen LogP contribution in [0.5, 0.6) is 0 Å². The highest BCUT2D eigenvalue weighted by Gasteiger charge is 2.41. The van der Waals surface area contributed by atoms with E-state index in [9.17, 15) is 23.8 Å². The summed E-state index contributed by atoms with van der Waals surface area (Å²) in [7, 11) is 0. The van der Waals surface area contributed by atoms with E-state index in [4.69, 9.17) is 0 Å². The lowest BCUT2D eigenvalue weighted by molar-refractivity contribution is -0.120. The van der Waals surface area contributed by atoms with Gasteiger partial charge in [-0.05, 0) is 60.9 Å². The van der Waals surface area contributed by atoms with E-state index in [1.165, 1.54) is 24.6 Å². The molecule has 0 aromatic heterocycles. The van der Waals surface area contributed by atoms with Gasteiger partial charge in [-0.1, -0.05) is 38.1 Å². The van der Waals surface area contributed by atoms with E-state index < -0.39 is 29.4 Å². The van der Waals surface area contributed by atoms with Crippen LogP contribution < -0.4 is 10.6 Å². The summed E-state index contributed by atoms with van der Waals surface area (Å²) in [4.78, 5) is 11.7. The average molecular weight is 475 g/mol. The van der Waals surface area contributed by atoms with Crippen molar-refractivity contribution in [3.63, 3.8) is 0 Å². The van der Waals surface area contributed by atoms with Crippen molar-refractivity contribution in [2.45, 2.75) is 82.6 Å². The van der Waals surface area contributed by atoms with Crippen LogP contribution in [0.3, 0.4) is 0 Å². The summed E-state index contributed by atoms with van der Waals surface area (Å²) in [6.45, 7) is 7.60. The molecule has 5 unspecified atom stereocenters. The van der Waals surface area contributed by atoms with Crippen molar-refractivity contribution in [3.05, 3.63) is 70.8 Å². The van der Waals surface area contributed by atoms with Crippen LogP contribution in [0.2, 0.25) is 0 Å². The summed E-state index contributed by atoms with van der Waals surface area (Å²) < 4.78 is 27.2. The molecule has 0 heterocycles.